The Morgan fingerprint density at radius 3 is 2.36 bits per heavy atom. The van der Waals surface area contributed by atoms with Gasteiger partial charge in [0.1, 0.15) is 11.1 Å². The molecule has 2 aliphatic rings. The van der Waals surface area contributed by atoms with Crippen LogP contribution < -0.4 is 20.1 Å². The minimum absolute atomic E-state index is 0.107. The lowest BCUT2D eigenvalue weighted by atomic mass is 9.77. The smallest absolute Gasteiger partial charge is 0.273 e. The lowest BCUT2D eigenvalue weighted by Crippen LogP contribution is -2.44. The standard InChI is InChI=1S/C34H45N3O5S2/c1-22-18-27(16-17-30(22)41-2)24-10-8-23(9-11-24)21-37(29-7-5-6-28(19-29)31-20-36-34(42-3)43-31)33(38)26-14-12-25(13-15-26)32(35)44(4,39)40/h5-7,16-20,23-26,32H,8-15,21,35H2,1-4H3/t23-,24-,25-,26-,32?. The van der Waals surface area contributed by atoms with Gasteiger partial charge in [0.15, 0.2) is 9.84 Å². The van der Waals surface area contributed by atoms with Gasteiger partial charge in [-0.25, -0.2) is 13.4 Å². The zero-order chi connectivity index (χ0) is 31.4. The van der Waals surface area contributed by atoms with Crippen molar-refractivity contribution in [1.82, 2.24) is 4.98 Å². The summed E-state index contributed by atoms with van der Waals surface area (Å²) < 4.78 is 34.9. The van der Waals surface area contributed by atoms with Gasteiger partial charge in [-0.3, -0.25) is 4.79 Å². The first kappa shape index (κ1) is 32.4. The Bertz CT molecular complexity index is 1540. The largest absolute Gasteiger partial charge is 0.496 e. The lowest BCUT2D eigenvalue weighted by molar-refractivity contribution is -0.123. The maximum atomic E-state index is 14.3. The molecule has 10 heteroatoms. The van der Waals surface area contributed by atoms with Crippen LogP contribution in [0.15, 0.2) is 48.7 Å². The Balaban J connectivity index is 1.33. The van der Waals surface area contributed by atoms with E-state index in [9.17, 15) is 13.2 Å². The van der Waals surface area contributed by atoms with Crippen LogP contribution in [0.3, 0.4) is 0 Å². The highest BCUT2D eigenvalue weighted by Gasteiger charge is 2.36. The van der Waals surface area contributed by atoms with Crippen molar-refractivity contribution in [3.63, 3.8) is 0 Å². The van der Waals surface area contributed by atoms with E-state index in [-0.39, 0.29) is 17.7 Å². The van der Waals surface area contributed by atoms with Crippen molar-refractivity contribution >= 4 is 32.8 Å². The summed E-state index contributed by atoms with van der Waals surface area (Å²) in [6.45, 7) is 2.77. The van der Waals surface area contributed by atoms with Crippen LogP contribution in [0.25, 0.3) is 10.4 Å². The van der Waals surface area contributed by atoms with Gasteiger partial charge in [-0.05, 0) is 111 Å². The van der Waals surface area contributed by atoms with E-state index < -0.39 is 15.2 Å². The fourth-order valence-electron chi connectivity index (χ4n) is 6.99. The Morgan fingerprint density at radius 2 is 1.75 bits per heavy atom. The highest BCUT2D eigenvalue weighted by atomic mass is 32.2. The highest BCUT2D eigenvalue weighted by Crippen LogP contribution is 2.40. The number of aryl methyl sites for hydroxylation is 1. The minimum atomic E-state index is -3.32. The van der Waals surface area contributed by atoms with Gasteiger partial charge in [0.05, 0.1) is 19.1 Å². The van der Waals surface area contributed by atoms with E-state index in [1.54, 1.807) is 14.2 Å². The fourth-order valence-corrected chi connectivity index (χ4v) is 8.69. The number of benzene rings is 2. The Labute approximate surface area is 265 Å². The number of methoxy groups -OCH3 is 2. The van der Waals surface area contributed by atoms with Crippen molar-refractivity contribution in [2.75, 3.05) is 31.9 Å². The average Bonchev–Trinajstić information content (AvgIpc) is 3.53. The van der Waals surface area contributed by atoms with Crippen LogP contribution in [-0.2, 0) is 14.6 Å². The van der Waals surface area contributed by atoms with Crippen molar-refractivity contribution in [1.29, 1.82) is 0 Å². The normalized spacial score (nSPS) is 23.1. The molecule has 0 aliphatic heterocycles. The molecule has 1 atom stereocenters. The van der Waals surface area contributed by atoms with Gasteiger partial charge in [0.25, 0.3) is 5.19 Å². The summed E-state index contributed by atoms with van der Waals surface area (Å²) >= 11 is 1.48. The lowest BCUT2D eigenvalue weighted by Gasteiger charge is -2.37. The molecule has 0 bridgehead atoms. The summed E-state index contributed by atoms with van der Waals surface area (Å²) in [6, 6.07) is 14.7. The number of hydrogen-bond acceptors (Lipinski definition) is 8. The molecule has 1 unspecified atom stereocenters. The molecule has 2 N–H and O–H groups in total. The molecule has 2 aliphatic carbocycles. The first-order chi connectivity index (χ1) is 21.1. The Kier molecular flexibility index (Phi) is 10.3. The predicted octanol–water partition coefficient (Wildman–Crippen LogP) is 6.58. The molecular weight excluding hydrogens is 595 g/mol. The van der Waals surface area contributed by atoms with Crippen LogP contribution in [-0.4, -0.2) is 51.7 Å². The number of nitrogens with two attached hydrogens (primary N) is 1. The topological polar surface area (TPSA) is 112 Å². The van der Waals surface area contributed by atoms with E-state index in [1.807, 2.05) is 29.3 Å². The van der Waals surface area contributed by atoms with Crippen LogP contribution in [0, 0.1) is 24.7 Å². The van der Waals surface area contributed by atoms with Crippen molar-refractivity contribution in [2.45, 2.75) is 69.6 Å². The number of carbonyl (C=O) groups is 1. The Hall–Kier alpha value is -2.95. The maximum Gasteiger partial charge on any atom is 0.273 e. The number of anilines is 1. The fraction of sp³-hybridized carbons (Fsp3) is 0.529. The quantitative estimate of drug-likeness (QED) is 0.267. The molecule has 2 fully saturated rings. The predicted molar refractivity (Wildman–Crippen MR) is 177 cm³/mol. The number of carbonyl (C=O) groups excluding carboxylic acids is 1. The molecular formula is C34H45N3O5S2. The highest BCUT2D eigenvalue weighted by molar-refractivity contribution is 7.91. The number of amides is 1. The number of hydrogen-bond donors (Lipinski definition) is 1. The van der Waals surface area contributed by atoms with Gasteiger partial charge >= 0.3 is 0 Å². The molecule has 1 heterocycles. The molecule has 0 spiro atoms. The van der Waals surface area contributed by atoms with Gasteiger partial charge in [-0.2, -0.15) is 0 Å². The molecule has 1 aromatic heterocycles. The van der Waals surface area contributed by atoms with E-state index >= 15 is 0 Å². The summed E-state index contributed by atoms with van der Waals surface area (Å²) in [5.41, 5.74) is 10.5. The third-order valence-electron chi connectivity index (χ3n) is 9.63. The molecule has 2 aromatic carbocycles. The molecule has 0 saturated heterocycles. The van der Waals surface area contributed by atoms with Gasteiger partial charge in [0, 0.05) is 30.6 Å². The molecule has 44 heavy (non-hydrogen) atoms. The second kappa shape index (κ2) is 14.0. The van der Waals surface area contributed by atoms with E-state index in [4.69, 9.17) is 15.2 Å². The van der Waals surface area contributed by atoms with E-state index in [1.165, 1.54) is 23.2 Å². The van der Waals surface area contributed by atoms with Crippen LogP contribution in [0.2, 0.25) is 0 Å². The van der Waals surface area contributed by atoms with Crippen molar-refractivity contribution in [3.05, 3.63) is 59.8 Å². The molecule has 1 amide bonds. The summed E-state index contributed by atoms with van der Waals surface area (Å²) in [6.07, 6.45) is 9.90. The maximum absolute atomic E-state index is 14.3. The van der Waals surface area contributed by atoms with Crippen molar-refractivity contribution in [3.8, 4) is 21.4 Å². The zero-order valence-electron chi connectivity index (χ0n) is 26.2. The first-order valence-electron chi connectivity index (χ1n) is 15.6. The van der Waals surface area contributed by atoms with Gasteiger partial charge in [0.2, 0.25) is 5.91 Å². The first-order valence-corrected chi connectivity index (χ1v) is 18.3. The van der Waals surface area contributed by atoms with Gasteiger partial charge in [-0.15, -0.1) is 0 Å². The number of rotatable bonds is 10. The molecule has 3 aromatic rings. The van der Waals surface area contributed by atoms with Crippen LogP contribution >= 0.6 is 11.3 Å². The molecule has 0 radical (unpaired) electrons. The minimum Gasteiger partial charge on any atom is -0.496 e. The van der Waals surface area contributed by atoms with E-state index in [0.29, 0.717) is 49.3 Å². The van der Waals surface area contributed by atoms with Gasteiger partial charge in [-0.1, -0.05) is 35.6 Å². The third kappa shape index (κ3) is 7.46. The second-order valence-electron chi connectivity index (χ2n) is 12.5. The molecule has 238 valence electrons. The monoisotopic (exact) mass is 639 g/mol. The van der Waals surface area contributed by atoms with E-state index in [2.05, 4.69) is 36.2 Å². The second-order valence-corrected chi connectivity index (χ2v) is 15.7. The van der Waals surface area contributed by atoms with Crippen LogP contribution in [0.4, 0.5) is 5.69 Å². The van der Waals surface area contributed by atoms with E-state index in [0.717, 1.165) is 53.1 Å². The number of aromatic nitrogens is 1. The summed E-state index contributed by atoms with van der Waals surface area (Å²) in [5, 5.41) is -0.265. The molecule has 8 nitrogen and oxygen atoms in total. The number of ether oxygens (including phenoxy) is 2. The van der Waals surface area contributed by atoms with Gasteiger partial charge < -0.3 is 20.1 Å². The van der Waals surface area contributed by atoms with Crippen molar-refractivity contribution < 1.29 is 22.7 Å². The SMILES string of the molecule is COc1ncc(-c2cccc(N(C[C@H]3CC[C@H](c4ccc(OC)c(C)c4)CC3)C(=O)[C@H]3CC[C@H](C(N)S(C)(=O)=O)CC3)c2)s1. The molecule has 5 rings (SSSR count). The average molecular weight is 640 g/mol. The number of sulfone groups is 1. The van der Waals surface area contributed by atoms with Crippen LogP contribution in [0.1, 0.15) is 68.4 Å². The Morgan fingerprint density at radius 1 is 1.02 bits per heavy atom. The third-order valence-corrected chi connectivity index (χ3v) is 12.0. The summed E-state index contributed by atoms with van der Waals surface area (Å²) in [7, 11) is 0.00361. The zero-order valence-corrected chi connectivity index (χ0v) is 27.8. The number of nitrogens with zero attached hydrogens (tertiary/aromatic N) is 2. The molecule has 2 saturated carbocycles. The number of thiazole rings is 1. The summed E-state index contributed by atoms with van der Waals surface area (Å²) in [5.74, 6) is 1.70. The summed E-state index contributed by atoms with van der Waals surface area (Å²) in [4.78, 5) is 21.6. The van der Waals surface area contributed by atoms with Crippen molar-refractivity contribution in [2.24, 2.45) is 23.5 Å². The van der Waals surface area contributed by atoms with Crippen LogP contribution in [0.5, 0.6) is 10.9 Å².